The van der Waals surface area contributed by atoms with Crippen molar-refractivity contribution in [1.29, 1.82) is 0 Å². The van der Waals surface area contributed by atoms with E-state index >= 15 is 0 Å². The second kappa shape index (κ2) is 12.6. The van der Waals surface area contributed by atoms with Crippen LogP contribution >= 0.6 is 0 Å². The van der Waals surface area contributed by atoms with Gasteiger partial charge >= 0.3 is 0 Å². The van der Waals surface area contributed by atoms with Gasteiger partial charge in [-0.25, -0.2) is 0 Å². The highest BCUT2D eigenvalue weighted by Crippen LogP contribution is 2.34. The summed E-state index contributed by atoms with van der Waals surface area (Å²) in [4.78, 5) is 0. The van der Waals surface area contributed by atoms with Gasteiger partial charge in [0.1, 0.15) is 5.75 Å². The van der Waals surface area contributed by atoms with E-state index in [1.54, 1.807) is 0 Å². The molecule has 1 aromatic carbocycles. The van der Waals surface area contributed by atoms with Crippen LogP contribution in [0.4, 0.5) is 0 Å². The topological polar surface area (TPSA) is 38.7 Å². The van der Waals surface area contributed by atoms with Gasteiger partial charge in [0.15, 0.2) is 0 Å². The second-order valence-electron chi connectivity index (χ2n) is 12.0. The van der Waals surface area contributed by atoms with Crippen molar-refractivity contribution in [3.05, 3.63) is 29.3 Å². The van der Waals surface area contributed by atoms with Gasteiger partial charge < -0.3 is 14.6 Å². The van der Waals surface area contributed by atoms with Crippen LogP contribution in [0, 0.1) is 0 Å². The number of rotatable bonds is 8. The van der Waals surface area contributed by atoms with Crippen molar-refractivity contribution in [3.63, 3.8) is 0 Å². The Labute approximate surface area is 203 Å². The van der Waals surface area contributed by atoms with E-state index in [4.69, 9.17) is 9.47 Å². The van der Waals surface area contributed by atoms with Gasteiger partial charge in [0.2, 0.25) is 0 Å². The first kappa shape index (κ1) is 26.5. The molecule has 2 aliphatic carbocycles. The minimum Gasteiger partial charge on any atom is -0.508 e. The second-order valence-corrected chi connectivity index (χ2v) is 12.0. The first-order valence-electron chi connectivity index (χ1n) is 13.9. The summed E-state index contributed by atoms with van der Waals surface area (Å²) in [5.41, 5.74) is 1.67. The Bertz CT molecular complexity index is 692. The average molecular weight is 459 g/mol. The van der Waals surface area contributed by atoms with Gasteiger partial charge in [-0.05, 0) is 70.6 Å². The van der Waals surface area contributed by atoms with E-state index in [0.717, 1.165) is 18.4 Å². The molecule has 3 rings (SSSR count). The average Bonchev–Trinajstić information content (AvgIpc) is 2.68. The Morgan fingerprint density at radius 3 is 1.58 bits per heavy atom. The Morgan fingerprint density at radius 2 is 1.09 bits per heavy atom. The Hall–Kier alpha value is -1.06. The molecule has 2 aliphatic rings. The summed E-state index contributed by atoms with van der Waals surface area (Å²) in [6.45, 7) is 8.82. The predicted molar refractivity (Wildman–Crippen MR) is 138 cm³/mol. The largest absolute Gasteiger partial charge is 0.508 e. The molecule has 0 bridgehead atoms. The molecular formula is C30H50O3. The predicted octanol–water partition coefficient (Wildman–Crippen LogP) is 8.29. The summed E-state index contributed by atoms with van der Waals surface area (Å²) in [5, 5.41) is 10.8. The third kappa shape index (κ3) is 9.25. The van der Waals surface area contributed by atoms with Crippen LogP contribution in [0.1, 0.15) is 129 Å². The normalized spacial score (nSPS) is 20.6. The van der Waals surface area contributed by atoms with Crippen molar-refractivity contribution in [3.8, 4) is 5.75 Å². The Kier molecular flexibility index (Phi) is 10.1. The molecule has 0 unspecified atom stereocenters. The fourth-order valence-electron chi connectivity index (χ4n) is 5.93. The van der Waals surface area contributed by atoms with Crippen LogP contribution in [0.15, 0.2) is 18.2 Å². The van der Waals surface area contributed by atoms with Crippen LogP contribution in [-0.2, 0) is 22.3 Å². The zero-order chi connectivity index (χ0) is 23.7. The summed E-state index contributed by atoms with van der Waals surface area (Å²) >= 11 is 0. The van der Waals surface area contributed by atoms with E-state index in [2.05, 4.69) is 33.8 Å². The van der Waals surface area contributed by atoms with Crippen molar-refractivity contribution in [2.75, 3.05) is 0 Å². The molecule has 0 spiro atoms. The summed E-state index contributed by atoms with van der Waals surface area (Å²) in [7, 11) is 0. The van der Waals surface area contributed by atoms with Gasteiger partial charge in [-0.15, -0.1) is 0 Å². The van der Waals surface area contributed by atoms with Crippen LogP contribution in [0.2, 0.25) is 0 Å². The van der Waals surface area contributed by atoms with Crippen molar-refractivity contribution in [1.82, 2.24) is 0 Å². The third-order valence-corrected chi connectivity index (χ3v) is 7.54. The van der Waals surface area contributed by atoms with Crippen LogP contribution in [0.3, 0.4) is 0 Å². The van der Waals surface area contributed by atoms with E-state index in [9.17, 15) is 5.11 Å². The van der Waals surface area contributed by atoms with Gasteiger partial charge in [0, 0.05) is 12.8 Å². The van der Waals surface area contributed by atoms with Crippen LogP contribution in [-0.4, -0.2) is 28.5 Å². The Balaban J connectivity index is 1.66. The quantitative estimate of drug-likeness (QED) is 0.426. The lowest BCUT2D eigenvalue weighted by atomic mass is 9.87. The molecule has 0 amide bonds. The zero-order valence-corrected chi connectivity index (χ0v) is 22.0. The lowest BCUT2D eigenvalue weighted by molar-refractivity contribution is -0.0831. The van der Waals surface area contributed by atoms with E-state index in [1.807, 2.05) is 12.1 Å². The van der Waals surface area contributed by atoms with E-state index in [0.29, 0.717) is 18.0 Å². The van der Waals surface area contributed by atoms with E-state index < -0.39 is 0 Å². The van der Waals surface area contributed by atoms with Crippen molar-refractivity contribution >= 4 is 0 Å². The molecule has 0 saturated heterocycles. The fourth-order valence-corrected chi connectivity index (χ4v) is 5.93. The molecule has 0 radical (unpaired) electrons. The van der Waals surface area contributed by atoms with Gasteiger partial charge in [0.25, 0.3) is 0 Å². The minimum absolute atomic E-state index is 0.253. The summed E-state index contributed by atoms with van der Waals surface area (Å²) in [5.74, 6) is 0.392. The lowest BCUT2D eigenvalue weighted by Crippen LogP contribution is -2.35. The molecule has 1 N–H and O–H groups in total. The highest BCUT2D eigenvalue weighted by atomic mass is 16.5. The van der Waals surface area contributed by atoms with Crippen LogP contribution in [0.5, 0.6) is 5.75 Å². The number of phenolic OH excluding ortho intramolecular Hbond substituents is 1. The molecule has 188 valence electrons. The molecular weight excluding hydrogens is 408 g/mol. The SMILES string of the molecule is CC(C)(Cc1cccc(O)c1CC(C)(C)OC1CCCCCCC1)OC1CCCCCCC1. The fraction of sp³-hybridized carbons (Fsp3) is 0.800. The molecule has 0 atom stereocenters. The summed E-state index contributed by atoms with van der Waals surface area (Å²) < 4.78 is 13.3. The molecule has 0 heterocycles. The molecule has 2 fully saturated rings. The third-order valence-electron chi connectivity index (χ3n) is 7.54. The van der Waals surface area contributed by atoms with Gasteiger partial charge in [0.05, 0.1) is 23.4 Å². The summed E-state index contributed by atoms with van der Waals surface area (Å²) in [6, 6.07) is 5.97. The van der Waals surface area contributed by atoms with Gasteiger partial charge in [-0.3, -0.25) is 0 Å². The monoisotopic (exact) mass is 458 g/mol. The molecule has 1 aromatic rings. The highest BCUT2D eigenvalue weighted by molar-refractivity contribution is 5.41. The van der Waals surface area contributed by atoms with Gasteiger partial charge in [-0.2, -0.15) is 0 Å². The van der Waals surface area contributed by atoms with Crippen molar-refractivity contribution in [2.24, 2.45) is 0 Å². The molecule has 0 aromatic heterocycles. The number of aromatic hydroxyl groups is 1. The highest BCUT2D eigenvalue weighted by Gasteiger charge is 2.30. The van der Waals surface area contributed by atoms with Crippen molar-refractivity contribution < 1.29 is 14.6 Å². The maximum Gasteiger partial charge on any atom is 0.119 e. The maximum absolute atomic E-state index is 10.8. The van der Waals surface area contributed by atoms with E-state index in [-0.39, 0.29) is 11.2 Å². The number of benzene rings is 1. The zero-order valence-electron chi connectivity index (χ0n) is 22.0. The number of hydrogen-bond donors (Lipinski definition) is 1. The Morgan fingerprint density at radius 1 is 0.667 bits per heavy atom. The molecule has 33 heavy (non-hydrogen) atoms. The number of phenols is 1. The standard InChI is InChI=1S/C30H50O3/c1-29(2,32-25-17-11-7-5-8-12-18-25)22-24-16-15-21-28(31)27(24)23-30(3,4)33-26-19-13-9-6-10-14-20-26/h15-16,21,25-26,31H,5-14,17-20,22-23H2,1-4H3. The smallest absolute Gasteiger partial charge is 0.119 e. The molecule has 3 heteroatoms. The van der Waals surface area contributed by atoms with Gasteiger partial charge in [-0.1, -0.05) is 76.3 Å². The number of hydrogen-bond acceptors (Lipinski definition) is 3. The van der Waals surface area contributed by atoms with Crippen LogP contribution < -0.4 is 0 Å². The van der Waals surface area contributed by atoms with E-state index in [1.165, 1.54) is 95.5 Å². The molecule has 3 nitrogen and oxygen atoms in total. The summed E-state index contributed by atoms with van der Waals surface area (Å²) in [6.07, 6.45) is 20.1. The molecule has 2 saturated carbocycles. The number of ether oxygens (including phenoxy) is 2. The first-order chi connectivity index (χ1) is 15.7. The van der Waals surface area contributed by atoms with Crippen LogP contribution in [0.25, 0.3) is 0 Å². The lowest BCUT2D eigenvalue weighted by Gasteiger charge is -2.35. The first-order valence-corrected chi connectivity index (χ1v) is 13.9. The van der Waals surface area contributed by atoms with Crippen molar-refractivity contribution in [2.45, 2.75) is 154 Å². The maximum atomic E-state index is 10.8. The minimum atomic E-state index is -0.304. The molecule has 0 aliphatic heterocycles.